The average molecular weight is 229 g/mol. The third-order valence-electron chi connectivity index (χ3n) is 2.91. The van der Waals surface area contributed by atoms with E-state index in [1.165, 1.54) is 0 Å². The molecule has 0 saturated carbocycles. The molecule has 4 heteroatoms. The van der Waals surface area contributed by atoms with Crippen LogP contribution in [0.3, 0.4) is 0 Å². The van der Waals surface area contributed by atoms with Crippen molar-refractivity contribution in [3.05, 3.63) is 46.0 Å². The molecule has 2 aromatic heterocycles. The van der Waals surface area contributed by atoms with Crippen molar-refractivity contribution in [3.8, 4) is 0 Å². The molecule has 0 bridgehead atoms. The van der Waals surface area contributed by atoms with Crippen molar-refractivity contribution in [2.45, 2.75) is 13.5 Å². The lowest BCUT2D eigenvalue weighted by Gasteiger charge is -2.00. The number of fused-ring (bicyclic) bond motifs is 2. The number of benzene rings is 1. The van der Waals surface area contributed by atoms with Crippen LogP contribution in [-0.4, -0.2) is 0 Å². The summed E-state index contributed by atoms with van der Waals surface area (Å²) in [6, 6.07) is 5.46. The summed E-state index contributed by atoms with van der Waals surface area (Å²) in [7, 11) is 0. The maximum absolute atomic E-state index is 11.5. The quantitative estimate of drug-likeness (QED) is 0.650. The highest BCUT2D eigenvalue weighted by molar-refractivity contribution is 5.94. The highest BCUT2D eigenvalue weighted by Crippen LogP contribution is 2.26. The molecule has 0 amide bonds. The van der Waals surface area contributed by atoms with E-state index in [4.69, 9.17) is 14.6 Å². The van der Waals surface area contributed by atoms with Gasteiger partial charge in [0.25, 0.3) is 0 Å². The van der Waals surface area contributed by atoms with Gasteiger partial charge in [0.2, 0.25) is 0 Å². The Balaban J connectivity index is 2.45. The number of aryl methyl sites for hydroxylation is 1. The van der Waals surface area contributed by atoms with Gasteiger partial charge in [0, 0.05) is 23.4 Å². The lowest BCUT2D eigenvalue weighted by atomic mass is 10.1. The van der Waals surface area contributed by atoms with Gasteiger partial charge in [-0.3, -0.25) is 0 Å². The van der Waals surface area contributed by atoms with E-state index >= 15 is 0 Å². The lowest BCUT2D eigenvalue weighted by Crippen LogP contribution is -2.11. The highest BCUT2D eigenvalue weighted by Gasteiger charge is 2.08. The molecule has 2 N–H and O–H groups in total. The molecule has 0 fully saturated rings. The minimum Gasteiger partial charge on any atom is -0.464 e. The standard InChI is InChI=1S/C13H11NO3/c1-7-6-16-12-4-11-8(3-10(7)12)2-9(5-14)13(15)17-11/h2-4,6H,5,14H2,1H3. The fraction of sp³-hybridized carbons (Fsp3) is 0.154. The minimum absolute atomic E-state index is 0.181. The number of hydrogen-bond donors (Lipinski definition) is 1. The van der Waals surface area contributed by atoms with Gasteiger partial charge in [0.05, 0.1) is 11.8 Å². The largest absolute Gasteiger partial charge is 0.464 e. The SMILES string of the molecule is Cc1coc2cc3oc(=O)c(CN)cc3cc12. The first kappa shape index (κ1) is 10.1. The zero-order chi connectivity index (χ0) is 12.0. The van der Waals surface area contributed by atoms with E-state index in [1.807, 2.05) is 13.0 Å². The van der Waals surface area contributed by atoms with Crippen LogP contribution in [0.2, 0.25) is 0 Å². The number of rotatable bonds is 1. The Hall–Kier alpha value is -2.07. The average Bonchev–Trinajstić information content (AvgIpc) is 2.67. The summed E-state index contributed by atoms with van der Waals surface area (Å²) in [4.78, 5) is 11.5. The maximum Gasteiger partial charge on any atom is 0.340 e. The molecular formula is C13H11NO3. The minimum atomic E-state index is -0.386. The summed E-state index contributed by atoms with van der Waals surface area (Å²) in [5.41, 5.74) is 7.88. The zero-order valence-electron chi connectivity index (χ0n) is 9.32. The van der Waals surface area contributed by atoms with Gasteiger partial charge >= 0.3 is 5.63 Å². The molecule has 0 radical (unpaired) electrons. The second-order valence-corrected chi connectivity index (χ2v) is 4.07. The summed E-state index contributed by atoms with van der Waals surface area (Å²) in [6.07, 6.45) is 1.69. The van der Waals surface area contributed by atoms with Gasteiger partial charge in [-0.1, -0.05) is 0 Å². The summed E-state index contributed by atoms with van der Waals surface area (Å²) in [5.74, 6) is 0. The van der Waals surface area contributed by atoms with Crippen molar-refractivity contribution in [1.29, 1.82) is 0 Å². The molecule has 3 rings (SSSR count). The molecule has 3 aromatic rings. The summed E-state index contributed by atoms with van der Waals surface area (Å²) < 4.78 is 10.6. The lowest BCUT2D eigenvalue weighted by molar-refractivity contribution is 0.549. The smallest absolute Gasteiger partial charge is 0.340 e. The Labute approximate surface area is 96.6 Å². The van der Waals surface area contributed by atoms with Crippen molar-refractivity contribution in [2.24, 2.45) is 5.73 Å². The van der Waals surface area contributed by atoms with Gasteiger partial charge in [0.1, 0.15) is 11.2 Å². The van der Waals surface area contributed by atoms with E-state index in [9.17, 15) is 4.79 Å². The summed E-state index contributed by atoms with van der Waals surface area (Å²) in [6.45, 7) is 2.15. The summed E-state index contributed by atoms with van der Waals surface area (Å²) in [5, 5.41) is 1.89. The Kier molecular flexibility index (Phi) is 2.06. The predicted octanol–water partition coefficient (Wildman–Crippen LogP) is 2.31. The van der Waals surface area contributed by atoms with Crippen LogP contribution in [0.4, 0.5) is 0 Å². The molecule has 0 unspecified atom stereocenters. The molecule has 0 saturated heterocycles. The molecule has 0 atom stereocenters. The molecule has 0 spiro atoms. The van der Waals surface area contributed by atoms with E-state index in [1.54, 1.807) is 18.4 Å². The number of hydrogen-bond acceptors (Lipinski definition) is 4. The van der Waals surface area contributed by atoms with Crippen molar-refractivity contribution in [1.82, 2.24) is 0 Å². The van der Waals surface area contributed by atoms with Crippen LogP contribution < -0.4 is 11.4 Å². The van der Waals surface area contributed by atoms with Gasteiger partial charge in [-0.2, -0.15) is 0 Å². The fourth-order valence-corrected chi connectivity index (χ4v) is 1.95. The Morgan fingerprint density at radius 1 is 1.24 bits per heavy atom. The second kappa shape index (κ2) is 3.46. The molecule has 86 valence electrons. The van der Waals surface area contributed by atoms with Gasteiger partial charge in [-0.25, -0.2) is 4.79 Å². The van der Waals surface area contributed by atoms with E-state index in [0.717, 1.165) is 21.9 Å². The molecular weight excluding hydrogens is 218 g/mol. The van der Waals surface area contributed by atoms with Crippen LogP contribution in [0.5, 0.6) is 0 Å². The van der Waals surface area contributed by atoms with E-state index in [2.05, 4.69) is 0 Å². The molecule has 0 aliphatic heterocycles. The number of furan rings is 1. The van der Waals surface area contributed by atoms with Crippen molar-refractivity contribution in [3.63, 3.8) is 0 Å². The van der Waals surface area contributed by atoms with Crippen LogP contribution in [0, 0.1) is 6.92 Å². The Morgan fingerprint density at radius 3 is 2.82 bits per heavy atom. The first-order valence-corrected chi connectivity index (χ1v) is 5.33. The van der Waals surface area contributed by atoms with Crippen LogP contribution in [0.15, 0.2) is 38.1 Å². The molecule has 4 nitrogen and oxygen atoms in total. The van der Waals surface area contributed by atoms with Crippen molar-refractivity contribution in [2.75, 3.05) is 0 Å². The van der Waals surface area contributed by atoms with Crippen molar-refractivity contribution < 1.29 is 8.83 Å². The predicted molar refractivity (Wildman–Crippen MR) is 64.9 cm³/mol. The third kappa shape index (κ3) is 1.45. The fourth-order valence-electron chi connectivity index (χ4n) is 1.95. The first-order chi connectivity index (χ1) is 8.19. The van der Waals surface area contributed by atoms with E-state index in [-0.39, 0.29) is 12.2 Å². The van der Waals surface area contributed by atoms with Crippen LogP contribution in [0.1, 0.15) is 11.1 Å². The molecule has 1 aromatic carbocycles. The molecule has 2 heterocycles. The van der Waals surface area contributed by atoms with Gasteiger partial charge in [-0.05, 0) is 24.6 Å². The van der Waals surface area contributed by atoms with Crippen LogP contribution >= 0.6 is 0 Å². The molecule has 0 aliphatic rings. The molecule has 17 heavy (non-hydrogen) atoms. The van der Waals surface area contributed by atoms with Crippen molar-refractivity contribution >= 4 is 21.9 Å². The Bertz CT molecular complexity index is 767. The monoisotopic (exact) mass is 229 g/mol. The normalized spacial score (nSPS) is 11.4. The first-order valence-electron chi connectivity index (χ1n) is 5.33. The number of nitrogens with two attached hydrogens (primary N) is 1. The van der Waals surface area contributed by atoms with Crippen LogP contribution in [-0.2, 0) is 6.54 Å². The second-order valence-electron chi connectivity index (χ2n) is 4.07. The third-order valence-corrected chi connectivity index (χ3v) is 2.91. The maximum atomic E-state index is 11.5. The van der Waals surface area contributed by atoms with E-state index in [0.29, 0.717) is 11.1 Å². The topological polar surface area (TPSA) is 69.4 Å². The zero-order valence-corrected chi connectivity index (χ0v) is 9.32. The summed E-state index contributed by atoms with van der Waals surface area (Å²) >= 11 is 0. The van der Waals surface area contributed by atoms with Crippen LogP contribution in [0.25, 0.3) is 21.9 Å². The van der Waals surface area contributed by atoms with Gasteiger partial charge in [-0.15, -0.1) is 0 Å². The highest BCUT2D eigenvalue weighted by atomic mass is 16.4. The Morgan fingerprint density at radius 2 is 2.06 bits per heavy atom. The van der Waals surface area contributed by atoms with E-state index < -0.39 is 0 Å². The van der Waals surface area contributed by atoms with Gasteiger partial charge in [0.15, 0.2) is 0 Å². The molecule has 0 aliphatic carbocycles. The van der Waals surface area contributed by atoms with Gasteiger partial charge < -0.3 is 14.6 Å².